The van der Waals surface area contributed by atoms with Gasteiger partial charge in [-0.05, 0) is 23.8 Å². The number of nitrogens with zero attached hydrogens (tertiary/aromatic N) is 3. The summed E-state index contributed by atoms with van der Waals surface area (Å²) < 4.78 is 1.72. The molecular weight excluding hydrogens is 300 g/mol. The lowest BCUT2D eigenvalue weighted by atomic mass is 10.1. The first-order valence-electron chi connectivity index (χ1n) is 7.55. The number of benzene rings is 1. The third-order valence-corrected chi connectivity index (χ3v) is 3.79. The number of hydrogen-bond acceptors (Lipinski definition) is 3. The van der Waals surface area contributed by atoms with Crippen LogP contribution in [0.2, 0.25) is 0 Å². The number of carbonyl (C=O) groups excluding carboxylic acids is 1. The van der Waals surface area contributed by atoms with Crippen LogP contribution in [0.25, 0.3) is 16.6 Å². The Bertz CT molecular complexity index is 994. The van der Waals surface area contributed by atoms with Gasteiger partial charge in [-0.15, -0.1) is 0 Å². The van der Waals surface area contributed by atoms with Gasteiger partial charge in [0, 0.05) is 18.0 Å². The van der Waals surface area contributed by atoms with Crippen molar-refractivity contribution < 1.29 is 4.79 Å². The van der Waals surface area contributed by atoms with Crippen molar-refractivity contribution in [1.29, 1.82) is 0 Å². The third kappa shape index (κ3) is 2.63. The normalized spacial score (nSPS) is 10.7. The second-order valence-electron chi connectivity index (χ2n) is 5.37. The van der Waals surface area contributed by atoms with Gasteiger partial charge in [0.1, 0.15) is 0 Å². The Balaban J connectivity index is 1.67. The lowest BCUT2D eigenvalue weighted by Crippen LogP contribution is -2.11. The molecule has 0 bridgehead atoms. The highest BCUT2D eigenvalue weighted by atomic mass is 16.1. The van der Waals surface area contributed by atoms with Crippen molar-refractivity contribution in [1.82, 2.24) is 14.6 Å². The van der Waals surface area contributed by atoms with Crippen LogP contribution in [0.1, 0.15) is 10.4 Å². The van der Waals surface area contributed by atoms with Crippen LogP contribution in [0.15, 0.2) is 79.4 Å². The minimum atomic E-state index is -0.203. The van der Waals surface area contributed by atoms with E-state index in [1.54, 1.807) is 35.2 Å². The topological polar surface area (TPSA) is 59.3 Å². The number of nitrogens with one attached hydrogen (secondary N) is 1. The van der Waals surface area contributed by atoms with Gasteiger partial charge in [-0.2, -0.15) is 5.10 Å². The van der Waals surface area contributed by atoms with Crippen molar-refractivity contribution in [3.8, 4) is 11.1 Å². The zero-order chi connectivity index (χ0) is 16.4. The minimum absolute atomic E-state index is 0.203. The first-order valence-corrected chi connectivity index (χ1v) is 7.55. The Morgan fingerprint density at radius 1 is 0.917 bits per heavy atom. The molecular formula is C19H14N4O. The zero-order valence-electron chi connectivity index (χ0n) is 12.8. The molecule has 1 amide bonds. The highest BCUT2D eigenvalue weighted by Crippen LogP contribution is 2.21. The van der Waals surface area contributed by atoms with Crippen LogP contribution >= 0.6 is 0 Å². The van der Waals surface area contributed by atoms with Gasteiger partial charge in [-0.1, -0.05) is 36.4 Å². The Labute approximate surface area is 138 Å². The van der Waals surface area contributed by atoms with Gasteiger partial charge >= 0.3 is 0 Å². The van der Waals surface area contributed by atoms with Gasteiger partial charge in [0.25, 0.3) is 5.91 Å². The summed E-state index contributed by atoms with van der Waals surface area (Å²) >= 11 is 0. The standard InChI is InChI=1S/C19H14N4O/c24-19(22-16-7-4-10-20-11-16)17-12-21-23-13-15(8-9-18(17)23)14-5-2-1-3-6-14/h1-13H,(H,22,24). The van der Waals surface area contributed by atoms with E-state index in [0.717, 1.165) is 16.6 Å². The lowest BCUT2D eigenvalue weighted by molar-refractivity contribution is 0.102. The molecule has 0 spiro atoms. The van der Waals surface area contributed by atoms with Crippen molar-refractivity contribution in [2.24, 2.45) is 0 Å². The van der Waals surface area contributed by atoms with Gasteiger partial charge < -0.3 is 5.32 Å². The molecule has 116 valence electrons. The zero-order valence-corrected chi connectivity index (χ0v) is 12.8. The highest BCUT2D eigenvalue weighted by molar-refractivity contribution is 6.08. The van der Waals surface area contributed by atoms with Crippen LogP contribution in [0.3, 0.4) is 0 Å². The molecule has 5 heteroatoms. The summed E-state index contributed by atoms with van der Waals surface area (Å²) in [6.07, 6.45) is 6.77. The number of pyridine rings is 2. The largest absolute Gasteiger partial charge is 0.320 e. The van der Waals surface area contributed by atoms with E-state index >= 15 is 0 Å². The van der Waals surface area contributed by atoms with Crippen LogP contribution in [0, 0.1) is 0 Å². The van der Waals surface area contributed by atoms with Gasteiger partial charge in [-0.3, -0.25) is 9.78 Å². The Kier molecular flexibility index (Phi) is 3.51. The average Bonchev–Trinajstić information content (AvgIpc) is 3.06. The molecule has 0 saturated heterocycles. The van der Waals surface area contributed by atoms with Crippen LogP contribution < -0.4 is 5.32 Å². The monoisotopic (exact) mass is 314 g/mol. The van der Waals surface area contributed by atoms with Crippen LogP contribution in [0.4, 0.5) is 5.69 Å². The summed E-state index contributed by atoms with van der Waals surface area (Å²) in [4.78, 5) is 16.4. The molecule has 0 fully saturated rings. The number of hydrogen-bond donors (Lipinski definition) is 1. The fourth-order valence-electron chi connectivity index (χ4n) is 2.60. The molecule has 3 aromatic heterocycles. The number of rotatable bonds is 3. The SMILES string of the molecule is O=C(Nc1cccnc1)c1cnn2cc(-c3ccccc3)ccc12. The molecule has 5 nitrogen and oxygen atoms in total. The summed E-state index contributed by atoms with van der Waals surface area (Å²) in [5.41, 5.74) is 4.10. The lowest BCUT2D eigenvalue weighted by Gasteiger charge is -2.05. The van der Waals surface area contributed by atoms with Crippen molar-refractivity contribution in [2.45, 2.75) is 0 Å². The summed E-state index contributed by atoms with van der Waals surface area (Å²) in [5, 5.41) is 7.14. The molecule has 0 saturated carbocycles. The van der Waals surface area contributed by atoms with Crippen molar-refractivity contribution in [2.75, 3.05) is 5.32 Å². The molecule has 4 aromatic rings. The number of aromatic nitrogens is 3. The van der Waals surface area contributed by atoms with E-state index in [-0.39, 0.29) is 5.91 Å². The van der Waals surface area contributed by atoms with E-state index in [1.807, 2.05) is 48.7 Å². The van der Waals surface area contributed by atoms with Crippen LogP contribution in [-0.2, 0) is 0 Å². The Hall–Kier alpha value is -3.47. The van der Waals surface area contributed by atoms with Gasteiger partial charge in [0.15, 0.2) is 0 Å². The summed E-state index contributed by atoms with van der Waals surface area (Å²) in [5.74, 6) is -0.203. The second kappa shape index (κ2) is 5.96. The van der Waals surface area contributed by atoms with Gasteiger partial charge in [0.2, 0.25) is 0 Å². The van der Waals surface area contributed by atoms with E-state index in [2.05, 4.69) is 15.4 Å². The molecule has 3 heterocycles. The predicted molar refractivity (Wildman–Crippen MR) is 92.8 cm³/mol. The molecule has 0 aliphatic carbocycles. The van der Waals surface area contributed by atoms with Crippen molar-refractivity contribution >= 4 is 17.1 Å². The predicted octanol–water partition coefficient (Wildman–Crippen LogP) is 3.65. The molecule has 0 unspecified atom stereocenters. The molecule has 1 N–H and O–H groups in total. The summed E-state index contributed by atoms with van der Waals surface area (Å²) in [7, 11) is 0. The fraction of sp³-hybridized carbons (Fsp3) is 0. The van der Waals surface area contributed by atoms with E-state index in [9.17, 15) is 4.79 Å². The molecule has 1 aromatic carbocycles. The average molecular weight is 314 g/mol. The summed E-state index contributed by atoms with van der Waals surface area (Å²) in [6.45, 7) is 0. The minimum Gasteiger partial charge on any atom is -0.320 e. The van der Waals surface area contributed by atoms with Crippen molar-refractivity contribution in [3.05, 3.63) is 84.9 Å². The number of anilines is 1. The van der Waals surface area contributed by atoms with E-state index in [1.165, 1.54) is 0 Å². The quantitative estimate of drug-likeness (QED) is 0.628. The van der Waals surface area contributed by atoms with Crippen LogP contribution in [0.5, 0.6) is 0 Å². The van der Waals surface area contributed by atoms with Gasteiger partial charge in [-0.25, -0.2) is 4.52 Å². The Morgan fingerprint density at radius 2 is 1.79 bits per heavy atom. The maximum Gasteiger partial charge on any atom is 0.259 e. The van der Waals surface area contributed by atoms with Crippen molar-refractivity contribution in [3.63, 3.8) is 0 Å². The summed E-state index contributed by atoms with van der Waals surface area (Å²) in [6, 6.07) is 17.5. The Morgan fingerprint density at radius 3 is 2.58 bits per heavy atom. The van der Waals surface area contributed by atoms with E-state index in [0.29, 0.717) is 11.3 Å². The number of amides is 1. The maximum atomic E-state index is 12.5. The molecule has 0 aliphatic rings. The fourth-order valence-corrected chi connectivity index (χ4v) is 2.60. The number of carbonyl (C=O) groups is 1. The molecule has 4 rings (SSSR count). The molecule has 0 radical (unpaired) electrons. The van der Waals surface area contributed by atoms with Crippen LogP contribution in [-0.4, -0.2) is 20.5 Å². The third-order valence-electron chi connectivity index (χ3n) is 3.79. The highest BCUT2D eigenvalue weighted by Gasteiger charge is 2.13. The smallest absolute Gasteiger partial charge is 0.259 e. The molecule has 0 aliphatic heterocycles. The van der Waals surface area contributed by atoms with E-state index in [4.69, 9.17) is 0 Å². The molecule has 0 atom stereocenters. The second-order valence-corrected chi connectivity index (χ2v) is 5.37. The molecule has 24 heavy (non-hydrogen) atoms. The first kappa shape index (κ1) is 14.1. The number of fused-ring (bicyclic) bond motifs is 1. The van der Waals surface area contributed by atoms with E-state index < -0.39 is 0 Å². The first-order chi connectivity index (χ1) is 11.8. The maximum absolute atomic E-state index is 12.5. The van der Waals surface area contributed by atoms with Gasteiger partial charge in [0.05, 0.1) is 29.2 Å².